The largest absolute Gasteiger partial charge is 0.379 e. The van der Waals surface area contributed by atoms with Crippen molar-refractivity contribution in [1.82, 2.24) is 9.97 Å². The van der Waals surface area contributed by atoms with Crippen LogP contribution in [0.25, 0.3) is 0 Å². The number of aromatic nitrogens is 2. The Kier molecular flexibility index (Phi) is 4.36. The number of nitrogens with two attached hydrogens (primary N) is 1. The fraction of sp³-hybridized carbons (Fsp3) is 0.333. The molecule has 2 aliphatic rings. The van der Waals surface area contributed by atoms with Gasteiger partial charge in [0.2, 0.25) is 0 Å². The van der Waals surface area contributed by atoms with E-state index in [0.717, 1.165) is 25.0 Å². The molecule has 1 aliphatic heterocycles. The summed E-state index contributed by atoms with van der Waals surface area (Å²) in [6.07, 6.45) is 5.56. The van der Waals surface area contributed by atoms with Gasteiger partial charge >= 0.3 is 0 Å². The number of fused-ring (bicyclic) bond motifs is 1. The summed E-state index contributed by atoms with van der Waals surface area (Å²) in [6, 6.07) is 6.13. The predicted molar refractivity (Wildman–Crippen MR) is 99.5 cm³/mol. The molecule has 0 saturated heterocycles. The second-order valence-electron chi connectivity index (χ2n) is 6.52. The molecular weight excluding hydrogens is 353 g/mol. The minimum atomic E-state index is -0.630. The van der Waals surface area contributed by atoms with E-state index in [1.54, 1.807) is 12.1 Å². The molecule has 0 bridgehead atoms. The summed E-state index contributed by atoms with van der Waals surface area (Å²) < 4.78 is 14.7. The average molecular weight is 371 g/mol. The Morgan fingerprint density at radius 2 is 2.27 bits per heavy atom. The molecular formula is C18H18FN5OS. The van der Waals surface area contributed by atoms with Gasteiger partial charge in [-0.1, -0.05) is 18.2 Å². The van der Waals surface area contributed by atoms with Gasteiger partial charge in [0.15, 0.2) is 5.17 Å². The van der Waals surface area contributed by atoms with E-state index in [1.165, 1.54) is 36.4 Å². The second-order valence-corrected chi connectivity index (χ2v) is 7.56. The molecule has 0 spiro atoms. The van der Waals surface area contributed by atoms with Gasteiger partial charge in [-0.25, -0.2) is 14.4 Å². The van der Waals surface area contributed by atoms with Crippen LogP contribution in [0.4, 0.5) is 10.1 Å². The molecule has 8 heteroatoms. The zero-order chi connectivity index (χ0) is 18.1. The van der Waals surface area contributed by atoms with E-state index in [-0.39, 0.29) is 23.3 Å². The number of rotatable bonds is 3. The molecule has 1 aliphatic carbocycles. The summed E-state index contributed by atoms with van der Waals surface area (Å²) >= 11 is 1.53. The maximum Gasteiger partial charge on any atom is 0.274 e. The summed E-state index contributed by atoms with van der Waals surface area (Å²) in [7, 11) is 0. The number of carbonyl (C=O) groups is 1. The topological polar surface area (TPSA) is 93.3 Å². The van der Waals surface area contributed by atoms with Crippen molar-refractivity contribution in [3.8, 4) is 0 Å². The highest BCUT2D eigenvalue weighted by molar-refractivity contribution is 8.13. The Balaban J connectivity index is 1.69. The fourth-order valence-electron chi connectivity index (χ4n) is 3.81. The van der Waals surface area contributed by atoms with Gasteiger partial charge in [0, 0.05) is 23.2 Å². The molecule has 6 nitrogen and oxygen atoms in total. The summed E-state index contributed by atoms with van der Waals surface area (Å²) in [5, 5.41) is 3.27. The van der Waals surface area contributed by atoms with Crippen LogP contribution < -0.4 is 11.1 Å². The number of amidine groups is 1. The van der Waals surface area contributed by atoms with Crippen LogP contribution in [0.1, 0.15) is 35.3 Å². The molecule has 1 fully saturated rings. The summed E-state index contributed by atoms with van der Waals surface area (Å²) in [5.74, 6) is 0.405. The third kappa shape index (κ3) is 2.94. The molecule has 26 heavy (non-hydrogen) atoms. The zero-order valence-electron chi connectivity index (χ0n) is 14.0. The van der Waals surface area contributed by atoms with Crippen LogP contribution in [0, 0.1) is 11.7 Å². The Hall–Kier alpha value is -2.48. The van der Waals surface area contributed by atoms with Crippen LogP contribution in [0.5, 0.6) is 0 Å². The lowest BCUT2D eigenvalue weighted by atomic mass is 9.81. The van der Waals surface area contributed by atoms with E-state index in [9.17, 15) is 9.18 Å². The van der Waals surface area contributed by atoms with Crippen molar-refractivity contribution in [2.45, 2.75) is 24.8 Å². The first kappa shape index (κ1) is 17.0. The Bertz CT molecular complexity index is 875. The maximum atomic E-state index is 14.7. The molecule has 1 aromatic carbocycles. The van der Waals surface area contributed by atoms with Crippen LogP contribution >= 0.6 is 11.8 Å². The standard InChI is InChI=1S/C18H18FN5OS/c19-14-4-3-12(23-16(25)15-5-7-21-10-22-15)8-13(14)18-6-1-2-11(18)9-26-17(20)24-18/h3-5,7-8,10-11H,1-2,6,9H2,(H2,20,24)(H,23,25). The van der Waals surface area contributed by atoms with Gasteiger partial charge in [-0.2, -0.15) is 0 Å². The van der Waals surface area contributed by atoms with Gasteiger partial charge < -0.3 is 11.1 Å². The fourth-order valence-corrected chi connectivity index (χ4v) is 4.86. The van der Waals surface area contributed by atoms with Gasteiger partial charge in [0.05, 0.1) is 5.54 Å². The number of hydrogen-bond donors (Lipinski definition) is 2. The van der Waals surface area contributed by atoms with Gasteiger partial charge in [-0.05, 0) is 43.0 Å². The number of nitrogens with one attached hydrogen (secondary N) is 1. The number of anilines is 1. The number of carbonyl (C=O) groups excluding carboxylic acids is 1. The quantitative estimate of drug-likeness (QED) is 0.865. The average Bonchev–Trinajstić information content (AvgIpc) is 3.07. The van der Waals surface area contributed by atoms with Crippen LogP contribution in [0.15, 0.2) is 41.8 Å². The Morgan fingerprint density at radius 1 is 1.38 bits per heavy atom. The van der Waals surface area contributed by atoms with Crippen molar-refractivity contribution in [2.75, 3.05) is 11.1 Å². The first-order valence-corrected chi connectivity index (χ1v) is 9.42. The summed E-state index contributed by atoms with van der Waals surface area (Å²) in [4.78, 5) is 24.7. The van der Waals surface area contributed by atoms with E-state index < -0.39 is 5.54 Å². The lowest BCUT2D eigenvalue weighted by Crippen LogP contribution is -2.37. The molecule has 2 unspecified atom stereocenters. The number of benzene rings is 1. The smallest absolute Gasteiger partial charge is 0.274 e. The lowest BCUT2D eigenvalue weighted by Gasteiger charge is -2.36. The number of hydrogen-bond acceptors (Lipinski definition) is 6. The van der Waals surface area contributed by atoms with Crippen molar-refractivity contribution >= 4 is 28.5 Å². The minimum absolute atomic E-state index is 0.249. The van der Waals surface area contributed by atoms with Crippen LogP contribution in [0.3, 0.4) is 0 Å². The number of aliphatic imine (C=N–C) groups is 1. The maximum absolute atomic E-state index is 14.7. The van der Waals surface area contributed by atoms with E-state index >= 15 is 0 Å². The van der Waals surface area contributed by atoms with Crippen molar-refractivity contribution in [3.05, 3.63) is 53.9 Å². The van der Waals surface area contributed by atoms with Gasteiger partial charge in [-0.15, -0.1) is 0 Å². The van der Waals surface area contributed by atoms with Crippen molar-refractivity contribution < 1.29 is 9.18 Å². The highest BCUT2D eigenvalue weighted by Crippen LogP contribution is 2.51. The number of nitrogens with zero attached hydrogens (tertiary/aromatic N) is 3. The van der Waals surface area contributed by atoms with Gasteiger partial charge in [0.25, 0.3) is 5.91 Å². The van der Waals surface area contributed by atoms with E-state index in [1.807, 2.05) is 0 Å². The second kappa shape index (κ2) is 6.68. The van der Waals surface area contributed by atoms with Gasteiger partial charge in [-0.3, -0.25) is 9.79 Å². The SMILES string of the molecule is NC1=NC2(c3cc(NC(=O)c4ccncn4)ccc3F)CCCC2CS1. The van der Waals surface area contributed by atoms with E-state index in [0.29, 0.717) is 16.4 Å². The first-order chi connectivity index (χ1) is 12.6. The van der Waals surface area contributed by atoms with Crippen molar-refractivity contribution in [3.63, 3.8) is 0 Å². The minimum Gasteiger partial charge on any atom is -0.379 e. The molecule has 1 amide bonds. The van der Waals surface area contributed by atoms with E-state index in [2.05, 4.69) is 20.3 Å². The molecule has 1 saturated carbocycles. The number of halogens is 1. The molecule has 1 aromatic heterocycles. The van der Waals surface area contributed by atoms with Crippen LogP contribution in [-0.2, 0) is 5.54 Å². The lowest BCUT2D eigenvalue weighted by molar-refractivity contribution is 0.102. The normalized spacial score (nSPS) is 24.7. The molecule has 2 aromatic rings. The number of amides is 1. The monoisotopic (exact) mass is 371 g/mol. The summed E-state index contributed by atoms with van der Waals surface area (Å²) in [5.41, 5.74) is 6.60. The Labute approximate surface area is 154 Å². The van der Waals surface area contributed by atoms with Crippen LogP contribution in [-0.4, -0.2) is 26.8 Å². The molecule has 3 N–H and O–H groups in total. The van der Waals surface area contributed by atoms with Crippen LogP contribution in [0.2, 0.25) is 0 Å². The van der Waals surface area contributed by atoms with Gasteiger partial charge in [0.1, 0.15) is 17.8 Å². The molecule has 0 radical (unpaired) electrons. The highest BCUT2D eigenvalue weighted by Gasteiger charge is 2.48. The zero-order valence-corrected chi connectivity index (χ0v) is 14.8. The highest BCUT2D eigenvalue weighted by atomic mass is 32.2. The van der Waals surface area contributed by atoms with E-state index in [4.69, 9.17) is 5.73 Å². The predicted octanol–water partition coefficient (Wildman–Crippen LogP) is 2.92. The number of thioether (sulfide) groups is 1. The third-order valence-electron chi connectivity index (χ3n) is 5.03. The molecule has 2 atom stereocenters. The third-order valence-corrected chi connectivity index (χ3v) is 5.99. The van der Waals surface area contributed by atoms with Crippen molar-refractivity contribution in [2.24, 2.45) is 16.6 Å². The Morgan fingerprint density at radius 3 is 3.08 bits per heavy atom. The molecule has 4 rings (SSSR count). The first-order valence-electron chi connectivity index (χ1n) is 8.44. The molecule has 134 valence electrons. The summed E-state index contributed by atoms with van der Waals surface area (Å²) in [6.45, 7) is 0. The van der Waals surface area contributed by atoms with Crippen molar-refractivity contribution in [1.29, 1.82) is 0 Å². The molecule has 2 heterocycles.